The molecule has 1 amide bonds. The number of hydrogen-bond acceptors (Lipinski definition) is 5. The summed E-state index contributed by atoms with van der Waals surface area (Å²) in [5, 5.41) is 3.59. The fourth-order valence-corrected chi connectivity index (χ4v) is 5.49. The maximum Gasteiger partial charge on any atom is 0.341 e. The van der Waals surface area contributed by atoms with E-state index in [1.807, 2.05) is 38.1 Å². The molecule has 7 heteroatoms. The molecule has 0 saturated carbocycles. The van der Waals surface area contributed by atoms with Gasteiger partial charge in [0.2, 0.25) is 0 Å². The van der Waals surface area contributed by atoms with E-state index in [1.54, 1.807) is 6.92 Å². The lowest BCUT2D eigenvalue weighted by atomic mass is 10.0. The summed E-state index contributed by atoms with van der Waals surface area (Å²) in [4.78, 5) is 29.3. The van der Waals surface area contributed by atoms with Gasteiger partial charge in [0.05, 0.1) is 12.2 Å². The minimum Gasteiger partial charge on any atom is -0.462 e. The van der Waals surface area contributed by atoms with Crippen LogP contribution in [-0.4, -0.2) is 29.9 Å². The largest absolute Gasteiger partial charge is 0.462 e. The number of esters is 1. The summed E-state index contributed by atoms with van der Waals surface area (Å²) < 4.78 is 5.34. The van der Waals surface area contributed by atoms with E-state index in [0.717, 1.165) is 47.6 Å². The first kappa shape index (κ1) is 25.0. The molecule has 2 heterocycles. The van der Waals surface area contributed by atoms with Crippen LogP contribution in [0, 0.1) is 13.8 Å². The molecule has 4 rings (SSSR count). The van der Waals surface area contributed by atoms with Crippen molar-refractivity contribution in [1.82, 2.24) is 4.90 Å². The van der Waals surface area contributed by atoms with Crippen molar-refractivity contribution in [2.45, 2.75) is 40.3 Å². The number of nitrogens with one attached hydrogen (secondary N) is 1. The Hall–Kier alpha value is -2.67. The Morgan fingerprint density at radius 3 is 2.45 bits per heavy atom. The quantitative estimate of drug-likeness (QED) is 0.451. The lowest BCUT2D eigenvalue weighted by Gasteiger charge is -2.27. The van der Waals surface area contributed by atoms with Crippen LogP contribution in [0.4, 0.5) is 5.00 Å². The Morgan fingerprint density at radius 2 is 1.79 bits per heavy atom. The van der Waals surface area contributed by atoms with Gasteiger partial charge in [-0.1, -0.05) is 47.5 Å². The van der Waals surface area contributed by atoms with Crippen LogP contribution >= 0.6 is 23.7 Å². The Bertz CT molecular complexity index is 1120. The molecule has 0 radical (unpaired) electrons. The lowest BCUT2D eigenvalue weighted by Crippen LogP contribution is -2.29. The molecule has 0 atom stereocenters. The van der Waals surface area contributed by atoms with Gasteiger partial charge in [0.1, 0.15) is 5.00 Å². The van der Waals surface area contributed by atoms with E-state index in [-0.39, 0.29) is 24.3 Å². The average molecular weight is 485 g/mol. The number of nitrogens with zero attached hydrogens (tertiary/aromatic N) is 1. The second-order valence-electron chi connectivity index (χ2n) is 8.21. The Morgan fingerprint density at radius 1 is 1.09 bits per heavy atom. The van der Waals surface area contributed by atoms with Crippen LogP contribution < -0.4 is 5.32 Å². The first-order valence-corrected chi connectivity index (χ1v) is 11.7. The van der Waals surface area contributed by atoms with Crippen LogP contribution in [0.2, 0.25) is 0 Å². The van der Waals surface area contributed by atoms with E-state index in [4.69, 9.17) is 4.74 Å². The molecule has 1 aromatic heterocycles. The first-order chi connectivity index (χ1) is 15.4. The molecule has 0 saturated heterocycles. The highest BCUT2D eigenvalue weighted by Gasteiger charge is 2.29. The Balaban J connectivity index is 0.00000306. The first-order valence-electron chi connectivity index (χ1n) is 10.9. The van der Waals surface area contributed by atoms with Gasteiger partial charge in [-0.3, -0.25) is 9.69 Å². The fourth-order valence-electron chi connectivity index (χ4n) is 4.22. The van der Waals surface area contributed by atoms with E-state index < -0.39 is 0 Å². The van der Waals surface area contributed by atoms with E-state index in [2.05, 4.69) is 34.5 Å². The molecule has 1 aliphatic heterocycles. The van der Waals surface area contributed by atoms with Gasteiger partial charge in [-0.2, -0.15) is 0 Å². The van der Waals surface area contributed by atoms with E-state index in [1.165, 1.54) is 16.9 Å². The van der Waals surface area contributed by atoms with Gasteiger partial charge in [0, 0.05) is 30.1 Å². The average Bonchev–Trinajstić information content (AvgIpc) is 3.11. The number of carbonyl (C=O) groups is 2. The van der Waals surface area contributed by atoms with Crippen molar-refractivity contribution >= 4 is 40.6 Å². The zero-order valence-electron chi connectivity index (χ0n) is 19.1. The molecule has 1 N–H and O–H groups in total. The highest BCUT2D eigenvalue weighted by atomic mass is 35.5. The van der Waals surface area contributed by atoms with E-state index in [0.29, 0.717) is 22.7 Å². The number of hydrogen-bond donors (Lipinski definition) is 1. The number of benzene rings is 2. The van der Waals surface area contributed by atoms with Crippen molar-refractivity contribution in [2.24, 2.45) is 0 Å². The number of thiophene rings is 1. The van der Waals surface area contributed by atoms with Crippen molar-refractivity contribution in [3.63, 3.8) is 0 Å². The summed E-state index contributed by atoms with van der Waals surface area (Å²) in [6.45, 7) is 8.51. The van der Waals surface area contributed by atoms with Crippen molar-refractivity contribution in [1.29, 1.82) is 0 Å². The summed E-state index contributed by atoms with van der Waals surface area (Å²) in [5.74, 6) is -0.570. The summed E-state index contributed by atoms with van der Waals surface area (Å²) in [6, 6.07) is 16.1. The molecular formula is C26H29ClN2O3S. The normalized spacial score (nSPS) is 13.1. The number of anilines is 1. The third-order valence-corrected chi connectivity index (χ3v) is 6.71. The third-order valence-electron chi connectivity index (χ3n) is 5.58. The van der Waals surface area contributed by atoms with Crippen LogP contribution in [0.5, 0.6) is 0 Å². The number of ether oxygens (including phenoxy) is 1. The van der Waals surface area contributed by atoms with Crippen molar-refractivity contribution in [2.75, 3.05) is 18.5 Å². The SMILES string of the molecule is CCOC(=O)c1c(NC(=O)c2cc(C)cc(C)c2)sc2c1CCN(Cc1ccccc1)C2.Cl. The van der Waals surface area contributed by atoms with E-state index in [9.17, 15) is 9.59 Å². The minimum absolute atomic E-state index is 0. The summed E-state index contributed by atoms with van der Waals surface area (Å²) in [5.41, 5.74) is 5.44. The standard InChI is InChI=1S/C26H28N2O3S.ClH/c1-4-31-26(30)23-21-10-11-28(15-19-8-6-5-7-9-19)16-22(21)32-25(23)27-24(29)20-13-17(2)12-18(3)14-20;/h5-9,12-14H,4,10-11,15-16H2,1-3H3,(H,27,29);1H. The van der Waals surface area contributed by atoms with Crippen molar-refractivity contribution < 1.29 is 14.3 Å². The molecule has 0 unspecified atom stereocenters. The van der Waals surface area contributed by atoms with Gasteiger partial charge in [-0.15, -0.1) is 23.7 Å². The lowest BCUT2D eigenvalue weighted by molar-refractivity contribution is 0.0526. The summed E-state index contributed by atoms with van der Waals surface area (Å²) in [7, 11) is 0. The third kappa shape index (κ3) is 5.82. The Kier molecular flexibility index (Phi) is 8.30. The number of fused-ring (bicyclic) bond motifs is 1. The molecule has 0 fully saturated rings. The zero-order chi connectivity index (χ0) is 22.7. The molecule has 0 spiro atoms. The van der Waals surface area contributed by atoms with Crippen LogP contribution in [-0.2, 0) is 24.2 Å². The molecular weight excluding hydrogens is 456 g/mol. The predicted molar refractivity (Wildman–Crippen MR) is 136 cm³/mol. The van der Waals surface area contributed by atoms with Gasteiger partial charge < -0.3 is 10.1 Å². The molecule has 2 aromatic carbocycles. The van der Waals surface area contributed by atoms with Crippen LogP contribution in [0.1, 0.15) is 54.8 Å². The molecule has 1 aliphatic rings. The smallest absolute Gasteiger partial charge is 0.341 e. The molecule has 3 aromatic rings. The second kappa shape index (κ2) is 11.0. The van der Waals surface area contributed by atoms with E-state index >= 15 is 0 Å². The summed E-state index contributed by atoms with van der Waals surface area (Å²) in [6.07, 6.45) is 0.756. The van der Waals surface area contributed by atoms with Gasteiger partial charge in [-0.25, -0.2) is 4.79 Å². The molecule has 0 bridgehead atoms. The maximum absolute atomic E-state index is 13.0. The molecule has 33 heavy (non-hydrogen) atoms. The number of aryl methyl sites for hydroxylation is 2. The van der Waals surface area contributed by atoms with Crippen molar-refractivity contribution in [3.8, 4) is 0 Å². The van der Waals surface area contributed by atoms with Gasteiger partial charge in [0.25, 0.3) is 5.91 Å². The second-order valence-corrected chi connectivity index (χ2v) is 9.31. The van der Waals surface area contributed by atoms with Crippen LogP contribution in [0.15, 0.2) is 48.5 Å². The Labute approximate surface area is 205 Å². The fraction of sp³-hybridized carbons (Fsp3) is 0.308. The molecule has 174 valence electrons. The zero-order valence-corrected chi connectivity index (χ0v) is 20.8. The van der Waals surface area contributed by atoms with Crippen LogP contribution in [0.3, 0.4) is 0 Å². The number of halogens is 1. The maximum atomic E-state index is 13.0. The number of amides is 1. The highest BCUT2D eigenvalue weighted by Crippen LogP contribution is 2.38. The summed E-state index contributed by atoms with van der Waals surface area (Å²) >= 11 is 1.49. The number of carbonyl (C=O) groups excluding carboxylic acids is 2. The topological polar surface area (TPSA) is 58.6 Å². The molecule has 5 nitrogen and oxygen atoms in total. The van der Waals surface area contributed by atoms with Gasteiger partial charge in [0.15, 0.2) is 0 Å². The van der Waals surface area contributed by atoms with Crippen molar-refractivity contribution in [3.05, 3.63) is 86.8 Å². The highest BCUT2D eigenvalue weighted by molar-refractivity contribution is 7.17. The molecule has 0 aliphatic carbocycles. The predicted octanol–water partition coefficient (Wildman–Crippen LogP) is 5.77. The van der Waals surface area contributed by atoms with Crippen LogP contribution in [0.25, 0.3) is 0 Å². The van der Waals surface area contributed by atoms with Gasteiger partial charge >= 0.3 is 5.97 Å². The van der Waals surface area contributed by atoms with Gasteiger partial charge in [-0.05, 0) is 50.5 Å². The monoisotopic (exact) mass is 484 g/mol. The minimum atomic E-state index is -0.364. The number of rotatable bonds is 6.